The van der Waals surface area contributed by atoms with Gasteiger partial charge in [0.05, 0.1) is 0 Å². The molecule has 0 aliphatic carbocycles. The second-order valence-electron chi connectivity index (χ2n) is 0.500. The van der Waals surface area contributed by atoms with E-state index in [1.54, 1.807) is 0 Å². The summed E-state index contributed by atoms with van der Waals surface area (Å²) in [4.78, 5) is 0. The molecule has 0 aromatic rings. The van der Waals surface area contributed by atoms with Crippen LogP contribution in [0.5, 0.6) is 0 Å². The van der Waals surface area contributed by atoms with Gasteiger partial charge in [-0.15, -0.1) is 0 Å². The Morgan fingerprint density at radius 1 is 0.556 bits per heavy atom. The quantitative estimate of drug-likeness (QED) is 0.306. The summed E-state index contributed by atoms with van der Waals surface area (Å²) in [7, 11) is 0. The summed E-state index contributed by atoms with van der Waals surface area (Å²) in [5.74, 6) is 0. The standard InChI is InChI=1S/CO4.4K/c2-1(3,4)5;;;;/q-4;4*+1. The Morgan fingerprint density at radius 2 is 0.556 bits per heavy atom. The predicted molar refractivity (Wildman–Crippen MR) is 2.73 cm³/mol. The second kappa shape index (κ2) is 16.8. The fraction of sp³-hybridized carbons (Fsp3) is 1.00. The maximum atomic E-state index is 8.44. The molecule has 8 heteroatoms. The van der Waals surface area contributed by atoms with E-state index in [1.807, 2.05) is 0 Å². The summed E-state index contributed by atoms with van der Waals surface area (Å²) >= 11 is 0. The molecule has 0 radical (unpaired) electrons. The van der Waals surface area contributed by atoms with Crippen molar-refractivity contribution in [1.29, 1.82) is 0 Å². The van der Waals surface area contributed by atoms with Crippen LogP contribution in [0.3, 0.4) is 0 Å². The first kappa shape index (κ1) is 29.5. The van der Waals surface area contributed by atoms with Gasteiger partial charge in [-0.1, -0.05) is 0 Å². The van der Waals surface area contributed by atoms with E-state index < -0.39 is 6.16 Å². The van der Waals surface area contributed by atoms with Gasteiger partial charge in [0.15, 0.2) is 0 Å². The van der Waals surface area contributed by atoms with Crippen molar-refractivity contribution in [2.75, 3.05) is 0 Å². The summed E-state index contributed by atoms with van der Waals surface area (Å²) in [5.41, 5.74) is 0. The Kier molecular flexibility index (Phi) is 55.1. The predicted octanol–water partition coefficient (Wildman–Crippen LogP) is -16.9. The average molecular weight is 232 g/mol. The van der Waals surface area contributed by atoms with E-state index >= 15 is 0 Å². The Hall–Kier alpha value is 6.39. The maximum absolute atomic E-state index is 8.44. The molecule has 0 aromatic heterocycles. The minimum atomic E-state index is -4.50. The van der Waals surface area contributed by atoms with Gasteiger partial charge in [0.2, 0.25) is 0 Å². The third-order valence-electron chi connectivity index (χ3n) is 0. The SMILES string of the molecule is [K+].[K+].[K+].[K+].[O-]C([O-])([O-])[O-]. The van der Waals surface area contributed by atoms with Crippen LogP contribution >= 0.6 is 0 Å². The van der Waals surface area contributed by atoms with E-state index in [0.29, 0.717) is 0 Å². The van der Waals surface area contributed by atoms with Gasteiger partial charge in [0.1, 0.15) is 0 Å². The van der Waals surface area contributed by atoms with Crippen LogP contribution in [0, 0.1) is 0 Å². The van der Waals surface area contributed by atoms with Crippen LogP contribution in [0.25, 0.3) is 0 Å². The van der Waals surface area contributed by atoms with Crippen molar-refractivity contribution in [3.05, 3.63) is 0 Å². The summed E-state index contributed by atoms with van der Waals surface area (Å²) < 4.78 is 0. The molecule has 0 rings (SSSR count). The van der Waals surface area contributed by atoms with E-state index in [0.717, 1.165) is 0 Å². The first-order valence-electron chi connectivity index (χ1n) is 0.816. The summed E-state index contributed by atoms with van der Waals surface area (Å²) in [6, 6.07) is 0. The Labute approximate surface area is 224 Å². The van der Waals surface area contributed by atoms with Crippen LogP contribution < -0.4 is 226 Å². The van der Waals surface area contributed by atoms with Gasteiger partial charge in [0, 0.05) is 0 Å². The molecular weight excluding hydrogens is 232 g/mol. The molecule has 0 amide bonds. The maximum Gasteiger partial charge on any atom is 1.00 e. The zero-order chi connectivity index (χ0) is 4.50. The van der Waals surface area contributed by atoms with Crippen LogP contribution in [0.15, 0.2) is 0 Å². The molecule has 32 valence electrons. The third-order valence-corrected chi connectivity index (χ3v) is 0. The second-order valence-corrected chi connectivity index (χ2v) is 0.500. The molecule has 0 fully saturated rings. The Balaban J connectivity index is -0.0000000133. The van der Waals surface area contributed by atoms with Crippen molar-refractivity contribution < 1.29 is 226 Å². The average Bonchev–Trinajstić information content (AvgIpc) is 0.722. The first-order chi connectivity index (χ1) is 2.00. The molecule has 0 heterocycles. The van der Waals surface area contributed by atoms with Crippen molar-refractivity contribution in [3.63, 3.8) is 0 Å². The molecular formula is CK4O4. The Morgan fingerprint density at radius 3 is 0.556 bits per heavy atom. The van der Waals surface area contributed by atoms with Crippen LogP contribution in [0.2, 0.25) is 0 Å². The van der Waals surface area contributed by atoms with Gasteiger partial charge in [-0.3, -0.25) is 0 Å². The molecule has 0 aliphatic heterocycles. The van der Waals surface area contributed by atoms with Crippen molar-refractivity contribution in [2.45, 2.75) is 6.16 Å². The molecule has 0 bridgehead atoms. The Bertz CT molecular complexity index is 28.0. The van der Waals surface area contributed by atoms with Crippen molar-refractivity contribution in [1.82, 2.24) is 0 Å². The molecule has 9 heavy (non-hydrogen) atoms. The summed E-state index contributed by atoms with van der Waals surface area (Å²) in [5, 5.41) is 33.8. The van der Waals surface area contributed by atoms with Gasteiger partial charge in [-0.05, 0) is 0 Å². The van der Waals surface area contributed by atoms with E-state index in [1.165, 1.54) is 0 Å². The fourth-order valence-electron chi connectivity index (χ4n) is 0. The van der Waals surface area contributed by atoms with Crippen molar-refractivity contribution in [3.8, 4) is 0 Å². The fourth-order valence-corrected chi connectivity index (χ4v) is 0. The van der Waals surface area contributed by atoms with E-state index in [-0.39, 0.29) is 206 Å². The summed E-state index contributed by atoms with van der Waals surface area (Å²) in [6.45, 7) is 0. The number of hydrogen-bond acceptors (Lipinski definition) is 4. The van der Waals surface area contributed by atoms with Crippen LogP contribution in [-0.4, -0.2) is 6.16 Å². The van der Waals surface area contributed by atoms with Gasteiger partial charge in [0.25, 0.3) is 0 Å². The van der Waals surface area contributed by atoms with E-state index in [9.17, 15) is 0 Å². The molecule has 0 atom stereocenters. The minimum Gasteiger partial charge on any atom is -0.890 e. The van der Waals surface area contributed by atoms with E-state index in [2.05, 4.69) is 0 Å². The molecule has 4 nitrogen and oxygen atoms in total. The smallest absolute Gasteiger partial charge is 0.890 e. The van der Waals surface area contributed by atoms with Crippen molar-refractivity contribution >= 4 is 0 Å². The van der Waals surface area contributed by atoms with E-state index in [4.69, 9.17) is 20.4 Å². The van der Waals surface area contributed by atoms with Gasteiger partial charge in [-0.25, -0.2) is 0 Å². The monoisotopic (exact) mass is 232 g/mol. The molecule has 0 saturated carbocycles. The minimum absolute atomic E-state index is 0. The molecule has 0 N–H and O–H groups in total. The molecule has 0 aliphatic rings. The molecule has 0 unspecified atom stereocenters. The molecule has 0 aromatic carbocycles. The summed E-state index contributed by atoms with van der Waals surface area (Å²) in [6.07, 6.45) is -4.50. The van der Waals surface area contributed by atoms with Gasteiger partial charge in [-0.2, -0.15) is 0 Å². The normalized spacial score (nSPS) is 6.67. The topological polar surface area (TPSA) is 92.2 Å². The molecule has 0 spiro atoms. The largest absolute Gasteiger partial charge is 1.00 e. The third kappa shape index (κ3) is 54.1. The van der Waals surface area contributed by atoms with Gasteiger partial charge >= 0.3 is 206 Å². The number of hydrogen-bond donors (Lipinski definition) is 0. The zero-order valence-corrected chi connectivity index (χ0v) is 18.6. The van der Waals surface area contributed by atoms with Crippen LogP contribution in [-0.2, 0) is 0 Å². The molecule has 0 saturated heterocycles. The first-order valence-corrected chi connectivity index (χ1v) is 0.816. The van der Waals surface area contributed by atoms with Crippen molar-refractivity contribution in [2.24, 2.45) is 0 Å². The van der Waals surface area contributed by atoms with Gasteiger partial charge < -0.3 is 26.6 Å². The zero-order valence-electron chi connectivity index (χ0n) is 6.13. The van der Waals surface area contributed by atoms with Crippen LogP contribution in [0.4, 0.5) is 0 Å². The number of rotatable bonds is 0. The van der Waals surface area contributed by atoms with Crippen LogP contribution in [0.1, 0.15) is 0 Å².